The fourth-order valence-corrected chi connectivity index (χ4v) is 0.972. The molecule has 1 atom stereocenters. The fourth-order valence-electron chi connectivity index (χ4n) is 0.354. The molecular formula is C4H5NOS. The highest BCUT2D eigenvalue weighted by Crippen LogP contribution is 2.06. The summed E-state index contributed by atoms with van der Waals surface area (Å²) in [6.07, 6.45) is 2.69. The highest BCUT2D eigenvalue weighted by Gasteiger charge is 2.03. The Morgan fingerprint density at radius 2 is 2.71 bits per heavy atom. The van der Waals surface area contributed by atoms with Crippen molar-refractivity contribution < 1.29 is 4.79 Å². The van der Waals surface area contributed by atoms with Gasteiger partial charge in [-0.15, -0.1) is 0 Å². The van der Waals surface area contributed by atoms with E-state index >= 15 is 0 Å². The molecule has 1 unspecified atom stereocenters. The molecule has 0 saturated carbocycles. The Morgan fingerprint density at radius 1 is 1.86 bits per heavy atom. The van der Waals surface area contributed by atoms with Gasteiger partial charge >= 0.3 is 0 Å². The van der Waals surface area contributed by atoms with Crippen molar-refractivity contribution >= 4 is 18.2 Å². The first-order chi connectivity index (χ1) is 3.43. The van der Waals surface area contributed by atoms with E-state index in [1.807, 2.05) is 11.5 Å². The van der Waals surface area contributed by atoms with Gasteiger partial charge < -0.3 is 4.79 Å². The van der Waals surface area contributed by atoms with Crippen molar-refractivity contribution in [1.82, 2.24) is 4.72 Å². The van der Waals surface area contributed by atoms with Crippen molar-refractivity contribution in [2.24, 2.45) is 0 Å². The third-order valence-electron chi connectivity index (χ3n) is 0.705. The van der Waals surface area contributed by atoms with Gasteiger partial charge in [0, 0.05) is 0 Å². The molecule has 1 aliphatic heterocycles. The van der Waals surface area contributed by atoms with Crippen LogP contribution in [0.1, 0.15) is 0 Å². The third kappa shape index (κ3) is 1.04. The zero-order valence-corrected chi connectivity index (χ0v) is 4.44. The van der Waals surface area contributed by atoms with Gasteiger partial charge in [-0.3, -0.25) is 0 Å². The molecule has 0 spiro atoms. The molecule has 0 fully saturated rings. The Hall–Kier alpha value is -0.280. The monoisotopic (exact) mass is 115 g/mol. The average Bonchev–Trinajstić information content (AvgIpc) is 2.14. The molecule has 1 aliphatic rings. The second-order valence-electron chi connectivity index (χ2n) is 1.23. The van der Waals surface area contributed by atoms with Gasteiger partial charge in [0.25, 0.3) is 0 Å². The molecule has 7 heavy (non-hydrogen) atoms. The number of aldehydes is 1. The van der Waals surface area contributed by atoms with Crippen LogP contribution in [0.4, 0.5) is 0 Å². The van der Waals surface area contributed by atoms with E-state index in [1.165, 1.54) is 11.9 Å². The standard InChI is InChI=1S/C4H5NOS/c6-3-4-1-2-7-5-4/h1-5H. The summed E-state index contributed by atoms with van der Waals surface area (Å²) in [5.41, 5.74) is 0. The third-order valence-corrected chi connectivity index (χ3v) is 1.41. The number of carbonyl (C=O) groups is 1. The van der Waals surface area contributed by atoms with Crippen LogP contribution in [-0.2, 0) is 4.79 Å². The first kappa shape index (κ1) is 4.87. The minimum atomic E-state index is -0.0509. The Labute approximate surface area is 46.1 Å². The molecule has 0 aliphatic carbocycles. The summed E-state index contributed by atoms with van der Waals surface area (Å²) >= 11 is 1.44. The van der Waals surface area contributed by atoms with E-state index in [0.29, 0.717) is 0 Å². The van der Waals surface area contributed by atoms with Crippen LogP contribution in [0.5, 0.6) is 0 Å². The van der Waals surface area contributed by atoms with Gasteiger partial charge in [0.15, 0.2) is 0 Å². The summed E-state index contributed by atoms with van der Waals surface area (Å²) < 4.78 is 2.84. The summed E-state index contributed by atoms with van der Waals surface area (Å²) in [5.74, 6) is 0. The van der Waals surface area contributed by atoms with E-state index in [1.54, 1.807) is 0 Å². The van der Waals surface area contributed by atoms with Crippen molar-refractivity contribution in [2.45, 2.75) is 6.04 Å². The zero-order chi connectivity index (χ0) is 5.11. The minimum absolute atomic E-state index is 0.0509. The maximum atomic E-state index is 9.88. The summed E-state index contributed by atoms with van der Waals surface area (Å²) in [7, 11) is 0. The van der Waals surface area contributed by atoms with E-state index in [0.717, 1.165) is 6.29 Å². The Morgan fingerprint density at radius 3 is 3.00 bits per heavy atom. The molecule has 1 rings (SSSR count). The quantitative estimate of drug-likeness (QED) is 0.394. The minimum Gasteiger partial charge on any atom is -0.301 e. The highest BCUT2D eigenvalue weighted by atomic mass is 32.2. The summed E-state index contributed by atoms with van der Waals surface area (Å²) in [4.78, 5) is 9.88. The van der Waals surface area contributed by atoms with Crippen molar-refractivity contribution in [3.8, 4) is 0 Å². The zero-order valence-electron chi connectivity index (χ0n) is 3.63. The van der Waals surface area contributed by atoms with Gasteiger partial charge in [-0.1, -0.05) is 18.0 Å². The topological polar surface area (TPSA) is 29.1 Å². The Balaban J connectivity index is 2.42. The van der Waals surface area contributed by atoms with Gasteiger partial charge in [0.05, 0.1) is 6.04 Å². The number of carbonyl (C=O) groups excluding carboxylic acids is 1. The Kier molecular flexibility index (Phi) is 1.49. The second-order valence-corrected chi connectivity index (χ2v) is 1.97. The number of rotatable bonds is 1. The number of hydrogen-bond acceptors (Lipinski definition) is 3. The summed E-state index contributed by atoms with van der Waals surface area (Å²) in [6, 6.07) is -0.0509. The molecule has 1 N–H and O–H groups in total. The van der Waals surface area contributed by atoms with Gasteiger partial charge in [0.2, 0.25) is 0 Å². The highest BCUT2D eigenvalue weighted by molar-refractivity contribution is 8.00. The predicted molar refractivity (Wildman–Crippen MR) is 29.7 cm³/mol. The Bertz CT molecular complexity index is 102. The molecule has 1 heterocycles. The molecule has 2 nitrogen and oxygen atoms in total. The molecule has 0 aromatic heterocycles. The number of hydrogen-bond donors (Lipinski definition) is 1. The van der Waals surface area contributed by atoms with Gasteiger partial charge in [0.1, 0.15) is 6.29 Å². The van der Waals surface area contributed by atoms with Crippen LogP contribution in [0.3, 0.4) is 0 Å². The van der Waals surface area contributed by atoms with E-state index in [4.69, 9.17) is 0 Å². The lowest BCUT2D eigenvalue weighted by Gasteiger charge is -1.91. The lowest BCUT2D eigenvalue weighted by atomic mass is 10.4. The molecule has 38 valence electrons. The maximum Gasteiger partial charge on any atom is 0.141 e. The van der Waals surface area contributed by atoms with E-state index in [2.05, 4.69) is 4.72 Å². The van der Waals surface area contributed by atoms with Crippen LogP contribution in [0, 0.1) is 0 Å². The maximum absolute atomic E-state index is 9.88. The molecule has 0 radical (unpaired) electrons. The van der Waals surface area contributed by atoms with Crippen LogP contribution >= 0.6 is 11.9 Å². The van der Waals surface area contributed by atoms with Crippen molar-refractivity contribution in [1.29, 1.82) is 0 Å². The number of nitrogens with one attached hydrogen (secondary N) is 1. The fraction of sp³-hybridized carbons (Fsp3) is 0.250. The molecule has 0 amide bonds. The van der Waals surface area contributed by atoms with Crippen LogP contribution in [-0.4, -0.2) is 12.3 Å². The van der Waals surface area contributed by atoms with Crippen LogP contribution in [0.15, 0.2) is 11.5 Å². The molecule has 0 saturated heterocycles. The molecule has 0 bridgehead atoms. The molecule has 0 aromatic rings. The van der Waals surface area contributed by atoms with Gasteiger partial charge in [-0.2, -0.15) is 0 Å². The summed E-state index contributed by atoms with van der Waals surface area (Å²) in [6.45, 7) is 0. The smallest absolute Gasteiger partial charge is 0.141 e. The van der Waals surface area contributed by atoms with Crippen LogP contribution in [0.2, 0.25) is 0 Å². The largest absolute Gasteiger partial charge is 0.301 e. The van der Waals surface area contributed by atoms with Crippen molar-refractivity contribution in [2.75, 3.05) is 0 Å². The SMILES string of the molecule is O=CC1C=CSN1. The normalized spacial score (nSPS) is 28.3. The van der Waals surface area contributed by atoms with Gasteiger partial charge in [-0.05, 0) is 5.41 Å². The van der Waals surface area contributed by atoms with Crippen molar-refractivity contribution in [3.05, 3.63) is 11.5 Å². The van der Waals surface area contributed by atoms with E-state index in [-0.39, 0.29) is 6.04 Å². The lowest BCUT2D eigenvalue weighted by Crippen LogP contribution is -2.16. The molecule has 0 aromatic carbocycles. The molecule has 3 heteroatoms. The van der Waals surface area contributed by atoms with Crippen molar-refractivity contribution in [3.63, 3.8) is 0 Å². The van der Waals surface area contributed by atoms with Gasteiger partial charge in [-0.25, -0.2) is 4.72 Å². The first-order valence-electron chi connectivity index (χ1n) is 1.96. The van der Waals surface area contributed by atoms with E-state index in [9.17, 15) is 4.79 Å². The lowest BCUT2D eigenvalue weighted by molar-refractivity contribution is -0.108. The van der Waals surface area contributed by atoms with Crippen LogP contribution < -0.4 is 4.72 Å². The second kappa shape index (κ2) is 2.14. The van der Waals surface area contributed by atoms with Crippen LogP contribution in [0.25, 0.3) is 0 Å². The molecular weight excluding hydrogens is 110 g/mol. The van der Waals surface area contributed by atoms with E-state index < -0.39 is 0 Å². The predicted octanol–water partition coefficient (Wildman–Crippen LogP) is 0.319. The first-order valence-corrected chi connectivity index (χ1v) is 2.84. The summed E-state index contributed by atoms with van der Waals surface area (Å²) in [5, 5.41) is 1.86. The average molecular weight is 115 g/mol.